The molecule has 10 heteroatoms. The molecule has 0 radical (unpaired) electrons. The molecule has 0 atom stereocenters. The summed E-state index contributed by atoms with van der Waals surface area (Å²) in [5.74, 6) is -0.766. The van der Waals surface area contributed by atoms with Crippen LogP contribution in [-0.4, -0.2) is 44.8 Å². The highest BCUT2D eigenvalue weighted by atomic mass is 35.5. The molecule has 0 unspecified atom stereocenters. The molecule has 36 heavy (non-hydrogen) atoms. The number of nitrogens with zero attached hydrogens (tertiary/aromatic N) is 2. The number of anilines is 2. The molecule has 0 aromatic heterocycles. The van der Waals surface area contributed by atoms with Crippen LogP contribution in [0.3, 0.4) is 0 Å². The molecule has 1 N–H and O–H groups in total. The molecule has 4 rings (SSSR count). The van der Waals surface area contributed by atoms with Gasteiger partial charge in [0.2, 0.25) is 5.91 Å². The van der Waals surface area contributed by atoms with Crippen molar-refractivity contribution in [3.63, 3.8) is 0 Å². The van der Waals surface area contributed by atoms with Gasteiger partial charge in [0.1, 0.15) is 6.54 Å². The number of piperidine rings is 1. The fraction of sp³-hybridized carbons (Fsp3) is 0.231. The van der Waals surface area contributed by atoms with Gasteiger partial charge in [0, 0.05) is 23.1 Å². The number of carbonyl (C=O) groups excluding carboxylic acids is 2. The Hall–Kier alpha value is -3.07. The first kappa shape index (κ1) is 26.0. The predicted octanol–water partition coefficient (Wildman–Crippen LogP) is 5.45. The third kappa shape index (κ3) is 6.00. The average Bonchev–Trinajstić information content (AvgIpc) is 2.88. The lowest BCUT2D eigenvalue weighted by atomic mass is 10.1. The molecule has 0 bridgehead atoms. The van der Waals surface area contributed by atoms with E-state index < -0.39 is 22.5 Å². The van der Waals surface area contributed by atoms with Crippen LogP contribution in [0.15, 0.2) is 77.7 Å². The third-order valence-electron chi connectivity index (χ3n) is 5.86. The number of hydrogen-bond acceptors (Lipinski definition) is 4. The standard InChI is InChI=1S/C26H25Cl2N3O4S/c27-19-11-13-22(14-12-19)36(34,35)31(21-8-6-7-20(28)17-21)18-25(32)29-24-10-3-2-9-23(24)26(33)30-15-4-1-5-16-30/h2-3,6-14,17H,1,4-5,15-16,18H2,(H,29,32). The summed E-state index contributed by atoms with van der Waals surface area (Å²) in [6.07, 6.45) is 2.97. The lowest BCUT2D eigenvalue weighted by Crippen LogP contribution is -2.39. The summed E-state index contributed by atoms with van der Waals surface area (Å²) < 4.78 is 28.0. The first-order valence-electron chi connectivity index (χ1n) is 11.5. The molecule has 3 aromatic rings. The van der Waals surface area contributed by atoms with Crippen molar-refractivity contribution >= 4 is 56.4 Å². The van der Waals surface area contributed by atoms with Gasteiger partial charge in [-0.05, 0) is 73.9 Å². The van der Waals surface area contributed by atoms with E-state index in [-0.39, 0.29) is 16.5 Å². The molecule has 3 aromatic carbocycles. The largest absolute Gasteiger partial charge is 0.339 e. The van der Waals surface area contributed by atoms with Crippen LogP contribution in [0.4, 0.5) is 11.4 Å². The number of hydrogen-bond donors (Lipinski definition) is 1. The van der Waals surface area contributed by atoms with Crippen LogP contribution < -0.4 is 9.62 Å². The molecule has 1 aliphatic rings. The van der Waals surface area contributed by atoms with Crippen molar-refractivity contribution in [2.24, 2.45) is 0 Å². The van der Waals surface area contributed by atoms with Crippen LogP contribution in [0.25, 0.3) is 0 Å². The van der Waals surface area contributed by atoms with Gasteiger partial charge in [0.15, 0.2) is 0 Å². The van der Waals surface area contributed by atoms with Gasteiger partial charge < -0.3 is 10.2 Å². The van der Waals surface area contributed by atoms with Crippen LogP contribution in [-0.2, 0) is 14.8 Å². The van der Waals surface area contributed by atoms with E-state index in [2.05, 4.69) is 5.32 Å². The highest BCUT2D eigenvalue weighted by Crippen LogP contribution is 2.27. The quantitative estimate of drug-likeness (QED) is 0.427. The Morgan fingerprint density at radius 2 is 1.56 bits per heavy atom. The van der Waals surface area contributed by atoms with Gasteiger partial charge in [-0.2, -0.15) is 0 Å². The van der Waals surface area contributed by atoms with Crippen molar-refractivity contribution in [1.82, 2.24) is 4.90 Å². The normalized spacial score (nSPS) is 13.8. The zero-order valence-corrected chi connectivity index (χ0v) is 21.7. The van der Waals surface area contributed by atoms with Crippen LogP contribution in [0.2, 0.25) is 10.0 Å². The number of amides is 2. The van der Waals surface area contributed by atoms with E-state index in [9.17, 15) is 18.0 Å². The summed E-state index contributed by atoms with van der Waals surface area (Å²) >= 11 is 12.0. The summed E-state index contributed by atoms with van der Waals surface area (Å²) in [6, 6.07) is 18.7. The second-order valence-electron chi connectivity index (χ2n) is 8.39. The topological polar surface area (TPSA) is 86.8 Å². The smallest absolute Gasteiger partial charge is 0.264 e. The van der Waals surface area contributed by atoms with Gasteiger partial charge in [-0.25, -0.2) is 8.42 Å². The van der Waals surface area contributed by atoms with Gasteiger partial charge in [-0.3, -0.25) is 13.9 Å². The third-order valence-corrected chi connectivity index (χ3v) is 8.14. The maximum Gasteiger partial charge on any atom is 0.264 e. The van der Waals surface area contributed by atoms with Gasteiger partial charge in [0.25, 0.3) is 15.9 Å². The van der Waals surface area contributed by atoms with E-state index in [1.54, 1.807) is 47.4 Å². The number of rotatable bonds is 7. The number of likely N-dealkylation sites (tertiary alicyclic amines) is 1. The first-order chi connectivity index (χ1) is 17.3. The summed E-state index contributed by atoms with van der Waals surface area (Å²) in [6.45, 7) is 0.809. The second-order valence-corrected chi connectivity index (χ2v) is 11.1. The number of carbonyl (C=O) groups is 2. The average molecular weight is 546 g/mol. The van der Waals surface area contributed by atoms with Gasteiger partial charge in [-0.1, -0.05) is 41.4 Å². The number of halogens is 2. The minimum atomic E-state index is -4.14. The SMILES string of the molecule is O=C(CN(c1cccc(Cl)c1)S(=O)(=O)c1ccc(Cl)cc1)Nc1ccccc1C(=O)N1CCCCC1. The number of sulfonamides is 1. The van der Waals surface area contributed by atoms with E-state index in [0.717, 1.165) is 23.6 Å². The Kier molecular flexibility index (Phi) is 8.18. The molecule has 0 spiro atoms. The summed E-state index contributed by atoms with van der Waals surface area (Å²) in [5, 5.41) is 3.44. The molecular formula is C26H25Cl2N3O4S. The van der Waals surface area contributed by atoms with Gasteiger partial charge in [-0.15, -0.1) is 0 Å². The van der Waals surface area contributed by atoms with Crippen LogP contribution in [0.1, 0.15) is 29.6 Å². The van der Waals surface area contributed by atoms with Crippen LogP contribution >= 0.6 is 23.2 Å². The fourth-order valence-corrected chi connectivity index (χ4v) is 5.77. The molecule has 2 amide bonds. The van der Waals surface area contributed by atoms with Crippen molar-refractivity contribution < 1.29 is 18.0 Å². The van der Waals surface area contributed by atoms with Crippen molar-refractivity contribution in [3.05, 3.63) is 88.4 Å². The van der Waals surface area contributed by atoms with E-state index in [0.29, 0.717) is 34.4 Å². The van der Waals surface area contributed by atoms with Crippen molar-refractivity contribution in [2.75, 3.05) is 29.3 Å². The van der Waals surface area contributed by atoms with E-state index in [1.807, 2.05) is 0 Å². The van der Waals surface area contributed by atoms with E-state index in [1.165, 1.54) is 30.3 Å². The summed E-state index contributed by atoms with van der Waals surface area (Å²) in [4.78, 5) is 28.0. The summed E-state index contributed by atoms with van der Waals surface area (Å²) in [7, 11) is -4.14. The molecule has 0 aliphatic carbocycles. The maximum absolute atomic E-state index is 13.5. The molecule has 1 saturated heterocycles. The maximum atomic E-state index is 13.5. The monoisotopic (exact) mass is 545 g/mol. The van der Waals surface area contributed by atoms with E-state index >= 15 is 0 Å². The Balaban J connectivity index is 1.61. The highest BCUT2D eigenvalue weighted by Gasteiger charge is 2.28. The van der Waals surface area contributed by atoms with Crippen LogP contribution in [0, 0.1) is 0 Å². The van der Waals surface area contributed by atoms with Gasteiger partial charge in [0.05, 0.1) is 21.8 Å². The lowest BCUT2D eigenvalue weighted by Gasteiger charge is -2.28. The first-order valence-corrected chi connectivity index (χ1v) is 13.7. The molecule has 7 nitrogen and oxygen atoms in total. The Morgan fingerprint density at radius 1 is 0.861 bits per heavy atom. The van der Waals surface area contributed by atoms with E-state index in [4.69, 9.17) is 23.2 Å². The van der Waals surface area contributed by atoms with Gasteiger partial charge >= 0.3 is 0 Å². The van der Waals surface area contributed by atoms with Crippen molar-refractivity contribution in [1.29, 1.82) is 0 Å². The second kappa shape index (κ2) is 11.3. The number of para-hydroxylation sites is 1. The zero-order chi connectivity index (χ0) is 25.7. The number of nitrogens with one attached hydrogen (secondary N) is 1. The molecule has 0 saturated carbocycles. The molecule has 1 aliphatic heterocycles. The van der Waals surface area contributed by atoms with Crippen molar-refractivity contribution in [3.8, 4) is 0 Å². The minimum Gasteiger partial charge on any atom is -0.339 e. The van der Waals surface area contributed by atoms with Crippen LogP contribution in [0.5, 0.6) is 0 Å². The Bertz CT molecular complexity index is 1360. The number of benzene rings is 3. The Labute approximate surface area is 220 Å². The summed E-state index contributed by atoms with van der Waals surface area (Å²) in [5.41, 5.74) is 0.918. The molecule has 1 heterocycles. The molecular weight excluding hydrogens is 521 g/mol. The lowest BCUT2D eigenvalue weighted by molar-refractivity contribution is -0.114. The Morgan fingerprint density at radius 3 is 2.25 bits per heavy atom. The van der Waals surface area contributed by atoms with Crippen molar-refractivity contribution in [2.45, 2.75) is 24.2 Å². The molecule has 1 fully saturated rings. The molecule has 188 valence electrons. The zero-order valence-electron chi connectivity index (χ0n) is 19.4. The predicted molar refractivity (Wildman–Crippen MR) is 142 cm³/mol. The minimum absolute atomic E-state index is 0.0275. The fourth-order valence-electron chi connectivity index (χ4n) is 4.05. The highest BCUT2D eigenvalue weighted by molar-refractivity contribution is 7.92.